The lowest BCUT2D eigenvalue weighted by atomic mass is 9.89. The van der Waals surface area contributed by atoms with Crippen LogP contribution in [-0.2, 0) is 4.79 Å². The maximum atomic E-state index is 12.3. The van der Waals surface area contributed by atoms with Crippen LogP contribution in [0.3, 0.4) is 0 Å². The smallest absolute Gasteiger partial charge is 0.226 e. The summed E-state index contributed by atoms with van der Waals surface area (Å²) >= 11 is 0. The molecule has 1 aliphatic heterocycles. The normalized spacial score (nSPS) is 35.8. The molecule has 3 unspecified atom stereocenters. The summed E-state index contributed by atoms with van der Waals surface area (Å²) in [6.07, 6.45) is 3.34. The molecule has 0 bridgehead atoms. The third-order valence-corrected chi connectivity index (χ3v) is 4.75. The van der Waals surface area contributed by atoms with E-state index in [1.54, 1.807) is 0 Å². The Hall–Kier alpha value is -0.570. The Morgan fingerprint density at radius 3 is 2.59 bits per heavy atom. The van der Waals surface area contributed by atoms with E-state index >= 15 is 0 Å². The third kappa shape index (κ3) is 2.49. The molecule has 1 aliphatic carbocycles. The van der Waals surface area contributed by atoms with Crippen LogP contribution in [0, 0.1) is 17.3 Å². The molecular weight excluding hydrogens is 212 g/mol. The van der Waals surface area contributed by atoms with E-state index in [2.05, 4.69) is 31.0 Å². The van der Waals surface area contributed by atoms with Crippen LogP contribution >= 0.6 is 0 Å². The highest BCUT2D eigenvalue weighted by Crippen LogP contribution is 2.52. The topological polar surface area (TPSA) is 32.3 Å². The molecule has 2 rings (SSSR count). The Kier molecular flexibility index (Phi) is 3.48. The summed E-state index contributed by atoms with van der Waals surface area (Å²) in [6, 6.07) is 0.594. The van der Waals surface area contributed by atoms with Gasteiger partial charge in [0, 0.05) is 25.0 Å². The Morgan fingerprint density at radius 1 is 1.47 bits per heavy atom. The summed E-state index contributed by atoms with van der Waals surface area (Å²) in [7, 11) is 2.04. The largest absolute Gasteiger partial charge is 0.342 e. The summed E-state index contributed by atoms with van der Waals surface area (Å²) in [6.45, 7) is 8.52. The molecule has 3 nitrogen and oxygen atoms in total. The summed E-state index contributed by atoms with van der Waals surface area (Å²) in [4.78, 5) is 14.5. The first kappa shape index (κ1) is 12.9. The van der Waals surface area contributed by atoms with Crippen molar-refractivity contribution in [2.75, 3.05) is 20.1 Å². The van der Waals surface area contributed by atoms with Crippen molar-refractivity contribution in [2.45, 2.75) is 46.1 Å². The van der Waals surface area contributed by atoms with Gasteiger partial charge in [0.1, 0.15) is 0 Å². The van der Waals surface area contributed by atoms with E-state index in [9.17, 15) is 4.79 Å². The van der Waals surface area contributed by atoms with Gasteiger partial charge in [-0.3, -0.25) is 4.79 Å². The quantitative estimate of drug-likeness (QED) is 0.814. The van der Waals surface area contributed by atoms with Crippen molar-refractivity contribution in [1.29, 1.82) is 0 Å². The highest BCUT2D eigenvalue weighted by Gasteiger charge is 2.52. The van der Waals surface area contributed by atoms with Crippen molar-refractivity contribution in [3.8, 4) is 0 Å². The van der Waals surface area contributed by atoms with Gasteiger partial charge in [0.05, 0.1) is 0 Å². The molecule has 1 heterocycles. The summed E-state index contributed by atoms with van der Waals surface area (Å²) in [5.74, 6) is 1.33. The van der Waals surface area contributed by atoms with E-state index in [-0.39, 0.29) is 5.41 Å². The Balaban J connectivity index is 1.93. The molecule has 3 heteroatoms. The number of rotatable bonds is 3. The van der Waals surface area contributed by atoms with Crippen molar-refractivity contribution in [3.63, 3.8) is 0 Å². The molecule has 1 N–H and O–H groups in total. The number of likely N-dealkylation sites (tertiary alicyclic amines) is 1. The van der Waals surface area contributed by atoms with Crippen LogP contribution in [0.15, 0.2) is 0 Å². The van der Waals surface area contributed by atoms with E-state index < -0.39 is 0 Å². The summed E-state index contributed by atoms with van der Waals surface area (Å²) in [5.41, 5.74) is 0.263. The number of amides is 1. The molecule has 2 aliphatic rings. The molecule has 2 fully saturated rings. The number of carbonyl (C=O) groups is 1. The van der Waals surface area contributed by atoms with Gasteiger partial charge in [-0.15, -0.1) is 0 Å². The molecule has 0 radical (unpaired) electrons. The third-order valence-electron chi connectivity index (χ3n) is 4.75. The van der Waals surface area contributed by atoms with Crippen molar-refractivity contribution < 1.29 is 4.79 Å². The van der Waals surface area contributed by atoms with Gasteiger partial charge in [0.25, 0.3) is 0 Å². The maximum Gasteiger partial charge on any atom is 0.226 e. The summed E-state index contributed by atoms with van der Waals surface area (Å²) in [5, 5.41) is 3.39. The van der Waals surface area contributed by atoms with Crippen LogP contribution in [0.25, 0.3) is 0 Å². The first-order chi connectivity index (χ1) is 7.99. The van der Waals surface area contributed by atoms with Crippen LogP contribution in [-0.4, -0.2) is 37.0 Å². The van der Waals surface area contributed by atoms with Crippen molar-refractivity contribution >= 4 is 5.91 Å². The van der Waals surface area contributed by atoms with Crippen molar-refractivity contribution in [3.05, 3.63) is 0 Å². The highest BCUT2D eigenvalue weighted by atomic mass is 16.2. The lowest BCUT2D eigenvalue weighted by Crippen LogP contribution is -2.50. The number of piperidine rings is 1. The average molecular weight is 238 g/mol. The van der Waals surface area contributed by atoms with Gasteiger partial charge in [0.15, 0.2) is 0 Å². The van der Waals surface area contributed by atoms with E-state index in [4.69, 9.17) is 0 Å². The van der Waals surface area contributed by atoms with Gasteiger partial charge in [0.2, 0.25) is 5.91 Å². The predicted octanol–water partition coefficient (Wildman–Crippen LogP) is 1.88. The Labute approximate surface area is 105 Å². The molecular formula is C14H26N2O. The standard InChI is InChI=1S/C14H26N2O/c1-5-10-9-16(7-6-12(10)15-4)13(17)11-8-14(11,2)3/h10-12,15H,5-9H2,1-4H3. The van der Waals surface area contributed by atoms with E-state index in [0.29, 0.717) is 23.8 Å². The molecule has 0 aromatic carbocycles. The van der Waals surface area contributed by atoms with Crippen molar-refractivity contribution in [1.82, 2.24) is 10.2 Å². The summed E-state index contributed by atoms with van der Waals surface area (Å²) < 4.78 is 0. The van der Waals surface area contributed by atoms with Gasteiger partial charge in [-0.1, -0.05) is 27.2 Å². The van der Waals surface area contributed by atoms with Gasteiger partial charge in [-0.2, -0.15) is 0 Å². The molecule has 98 valence electrons. The zero-order valence-corrected chi connectivity index (χ0v) is 11.6. The lowest BCUT2D eigenvalue weighted by molar-refractivity contribution is -0.135. The highest BCUT2D eigenvalue weighted by molar-refractivity contribution is 5.82. The number of nitrogens with zero attached hydrogens (tertiary/aromatic N) is 1. The molecule has 1 amide bonds. The number of hydrogen-bond donors (Lipinski definition) is 1. The molecule has 0 aromatic rings. The van der Waals surface area contributed by atoms with E-state index in [0.717, 1.165) is 32.4 Å². The fourth-order valence-electron chi connectivity index (χ4n) is 3.14. The lowest BCUT2D eigenvalue weighted by Gasteiger charge is -2.38. The number of carbonyl (C=O) groups excluding carboxylic acids is 1. The molecule has 0 aromatic heterocycles. The molecule has 1 saturated heterocycles. The van der Waals surface area contributed by atoms with Gasteiger partial charge >= 0.3 is 0 Å². The van der Waals surface area contributed by atoms with Crippen LogP contribution in [0.2, 0.25) is 0 Å². The second-order valence-corrected chi connectivity index (χ2v) is 6.38. The minimum atomic E-state index is 0.263. The molecule has 1 saturated carbocycles. The van der Waals surface area contributed by atoms with E-state index in [1.807, 2.05) is 7.05 Å². The number of hydrogen-bond acceptors (Lipinski definition) is 2. The minimum Gasteiger partial charge on any atom is -0.342 e. The predicted molar refractivity (Wildman–Crippen MR) is 69.7 cm³/mol. The minimum absolute atomic E-state index is 0.263. The fourth-order valence-corrected chi connectivity index (χ4v) is 3.14. The first-order valence-electron chi connectivity index (χ1n) is 6.95. The number of nitrogens with one attached hydrogen (secondary N) is 1. The van der Waals surface area contributed by atoms with Crippen LogP contribution in [0.4, 0.5) is 0 Å². The van der Waals surface area contributed by atoms with E-state index in [1.165, 1.54) is 0 Å². The zero-order chi connectivity index (χ0) is 12.6. The van der Waals surface area contributed by atoms with Gasteiger partial charge in [-0.05, 0) is 31.2 Å². The van der Waals surface area contributed by atoms with Crippen molar-refractivity contribution in [2.24, 2.45) is 17.3 Å². The Bertz CT molecular complexity index is 301. The average Bonchev–Trinajstić information content (AvgIpc) is 2.96. The fraction of sp³-hybridized carbons (Fsp3) is 0.929. The first-order valence-corrected chi connectivity index (χ1v) is 6.95. The van der Waals surface area contributed by atoms with Gasteiger partial charge in [-0.25, -0.2) is 0 Å². The monoisotopic (exact) mass is 238 g/mol. The Morgan fingerprint density at radius 2 is 2.12 bits per heavy atom. The van der Waals surface area contributed by atoms with Gasteiger partial charge < -0.3 is 10.2 Å². The molecule has 17 heavy (non-hydrogen) atoms. The molecule has 3 atom stereocenters. The maximum absolute atomic E-state index is 12.3. The molecule has 0 spiro atoms. The van der Waals surface area contributed by atoms with Crippen LogP contribution in [0.5, 0.6) is 0 Å². The second kappa shape index (κ2) is 4.60. The zero-order valence-electron chi connectivity index (χ0n) is 11.6. The SMILES string of the molecule is CCC1CN(C(=O)C2CC2(C)C)CCC1NC. The van der Waals surface area contributed by atoms with Crippen LogP contribution in [0.1, 0.15) is 40.0 Å². The second-order valence-electron chi connectivity index (χ2n) is 6.38. The van der Waals surface area contributed by atoms with Crippen LogP contribution < -0.4 is 5.32 Å².